The van der Waals surface area contributed by atoms with Gasteiger partial charge < -0.3 is 19.5 Å². The van der Waals surface area contributed by atoms with Gasteiger partial charge in [0.15, 0.2) is 0 Å². The van der Waals surface area contributed by atoms with Crippen molar-refractivity contribution in [2.24, 2.45) is 0 Å². The van der Waals surface area contributed by atoms with Gasteiger partial charge in [0.1, 0.15) is 5.60 Å². The summed E-state index contributed by atoms with van der Waals surface area (Å²) in [5, 5.41) is 13.8. The number of benzene rings is 2. The Labute approximate surface area is 221 Å². The number of pyridine rings is 2. The van der Waals surface area contributed by atoms with Crippen LogP contribution in [-0.2, 0) is 5.60 Å². The molecule has 0 bridgehead atoms. The molecule has 6 nitrogen and oxygen atoms in total. The zero-order valence-electron chi connectivity index (χ0n) is 21.3. The summed E-state index contributed by atoms with van der Waals surface area (Å²) in [6, 6.07) is 20.0. The van der Waals surface area contributed by atoms with Crippen molar-refractivity contribution in [3.63, 3.8) is 0 Å². The number of fused-ring (bicyclic) bond motifs is 1. The zero-order valence-corrected chi connectivity index (χ0v) is 22.9. The molecule has 0 fully saturated rings. The molecule has 36 heavy (non-hydrogen) atoms. The van der Waals surface area contributed by atoms with E-state index >= 15 is 0 Å². The molecule has 2 atom stereocenters. The predicted octanol–water partition coefficient (Wildman–Crippen LogP) is 5.69. The van der Waals surface area contributed by atoms with Gasteiger partial charge in [-0.05, 0) is 69.4 Å². The molecule has 0 saturated heterocycles. The normalized spacial score (nSPS) is 14.0. The van der Waals surface area contributed by atoms with Gasteiger partial charge in [-0.15, -0.1) is 0 Å². The third kappa shape index (κ3) is 5.24. The molecule has 2 aromatic carbocycles. The number of hydrogen-bond donors (Lipinski definition) is 1. The number of halogens is 1. The van der Waals surface area contributed by atoms with Gasteiger partial charge in [-0.1, -0.05) is 45.8 Å². The summed E-state index contributed by atoms with van der Waals surface area (Å²) >= 11 is 3.58. The summed E-state index contributed by atoms with van der Waals surface area (Å²) in [6.07, 6.45) is 2.10. The van der Waals surface area contributed by atoms with Crippen molar-refractivity contribution in [3.8, 4) is 11.8 Å². The minimum atomic E-state index is -1.38. The van der Waals surface area contributed by atoms with E-state index in [1.807, 2.05) is 56.6 Å². The fourth-order valence-corrected chi connectivity index (χ4v) is 5.17. The number of aliphatic hydroxyl groups is 1. The van der Waals surface area contributed by atoms with E-state index in [1.165, 1.54) is 0 Å². The first kappa shape index (κ1) is 26.1. The molecule has 188 valence electrons. The topological polar surface area (TPSA) is 67.7 Å². The van der Waals surface area contributed by atoms with Gasteiger partial charge in [0, 0.05) is 39.6 Å². The SMILES string of the molecule is COc1nc2ccc(Br)cc2cc1C(c1cccc(C)c1)C(O)(CCN(C)C)c1cccnc1OC. The standard InChI is InChI=1S/C29H32BrN3O3/c1-19-8-6-9-20(16-19)26(23-18-21-17-22(30)11-12-25(21)32-27(23)35-4)29(34,13-15-33(2)3)24-10-7-14-31-28(24)36-5/h6-12,14,16-18,26,34H,13,15H2,1-5H3. The van der Waals surface area contributed by atoms with Gasteiger partial charge in [-0.3, -0.25) is 0 Å². The molecular formula is C29H32BrN3O3. The second kappa shape index (κ2) is 10.9. The molecule has 4 rings (SSSR count). The molecule has 1 N–H and O–H groups in total. The number of aromatic nitrogens is 2. The molecule has 0 aliphatic heterocycles. The maximum absolute atomic E-state index is 12.8. The highest BCUT2D eigenvalue weighted by Crippen LogP contribution is 2.49. The Hall–Kier alpha value is -3.00. The molecule has 0 amide bonds. The highest BCUT2D eigenvalue weighted by Gasteiger charge is 2.44. The Balaban J connectivity index is 2.07. The van der Waals surface area contributed by atoms with Crippen molar-refractivity contribution in [2.75, 3.05) is 34.9 Å². The van der Waals surface area contributed by atoms with E-state index in [0.29, 0.717) is 30.3 Å². The van der Waals surface area contributed by atoms with Crippen molar-refractivity contribution < 1.29 is 14.6 Å². The number of nitrogens with zero attached hydrogens (tertiary/aromatic N) is 3. The minimum Gasteiger partial charge on any atom is -0.481 e. The second-order valence-corrected chi connectivity index (χ2v) is 10.2. The van der Waals surface area contributed by atoms with Crippen LogP contribution in [0, 0.1) is 6.92 Å². The number of methoxy groups -OCH3 is 2. The van der Waals surface area contributed by atoms with Crippen molar-refractivity contribution in [1.82, 2.24) is 14.9 Å². The molecule has 2 aromatic heterocycles. The van der Waals surface area contributed by atoms with Crippen LogP contribution in [0.3, 0.4) is 0 Å². The molecule has 0 spiro atoms. The van der Waals surface area contributed by atoms with Crippen LogP contribution < -0.4 is 9.47 Å². The first-order valence-electron chi connectivity index (χ1n) is 11.8. The van der Waals surface area contributed by atoms with Gasteiger partial charge in [0.2, 0.25) is 11.8 Å². The van der Waals surface area contributed by atoms with E-state index < -0.39 is 11.5 Å². The van der Waals surface area contributed by atoms with Gasteiger partial charge in [-0.25, -0.2) is 9.97 Å². The van der Waals surface area contributed by atoms with Crippen LogP contribution in [0.4, 0.5) is 0 Å². The van der Waals surface area contributed by atoms with Crippen LogP contribution >= 0.6 is 15.9 Å². The third-order valence-corrected chi connectivity index (χ3v) is 6.99. The molecule has 2 unspecified atom stereocenters. The van der Waals surface area contributed by atoms with Gasteiger partial charge in [0.05, 0.1) is 19.7 Å². The lowest BCUT2D eigenvalue weighted by atomic mass is 9.71. The van der Waals surface area contributed by atoms with E-state index in [2.05, 4.69) is 50.9 Å². The quantitative estimate of drug-likeness (QED) is 0.289. The van der Waals surface area contributed by atoms with Crippen molar-refractivity contribution in [2.45, 2.75) is 24.9 Å². The molecule has 0 saturated carbocycles. The average Bonchev–Trinajstić information content (AvgIpc) is 2.87. The fourth-order valence-electron chi connectivity index (χ4n) is 4.79. The fraction of sp³-hybridized carbons (Fsp3) is 0.310. The van der Waals surface area contributed by atoms with Crippen molar-refractivity contribution in [3.05, 3.63) is 93.6 Å². The van der Waals surface area contributed by atoms with E-state index in [-0.39, 0.29) is 0 Å². The molecule has 2 heterocycles. The smallest absolute Gasteiger partial charge is 0.219 e. The first-order valence-corrected chi connectivity index (χ1v) is 12.6. The van der Waals surface area contributed by atoms with Gasteiger partial charge in [0.25, 0.3) is 0 Å². The highest BCUT2D eigenvalue weighted by molar-refractivity contribution is 9.10. The summed E-state index contributed by atoms with van der Waals surface area (Å²) in [7, 11) is 7.19. The minimum absolute atomic E-state index is 0.395. The lowest BCUT2D eigenvalue weighted by Gasteiger charge is -2.39. The Morgan fingerprint density at radius 2 is 1.78 bits per heavy atom. The van der Waals surface area contributed by atoms with E-state index in [4.69, 9.17) is 14.5 Å². The predicted molar refractivity (Wildman–Crippen MR) is 147 cm³/mol. The Kier molecular flexibility index (Phi) is 7.93. The second-order valence-electron chi connectivity index (χ2n) is 9.31. The van der Waals surface area contributed by atoms with E-state index in [0.717, 1.165) is 32.1 Å². The van der Waals surface area contributed by atoms with Crippen LogP contribution in [0.15, 0.2) is 71.3 Å². The Morgan fingerprint density at radius 3 is 2.47 bits per heavy atom. The molecular weight excluding hydrogens is 518 g/mol. The molecule has 0 radical (unpaired) electrons. The van der Waals surface area contributed by atoms with Crippen LogP contribution in [0.5, 0.6) is 11.8 Å². The number of rotatable bonds is 9. The number of ether oxygens (including phenoxy) is 2. The summed E-state index contributed by atoms with van der Waals surface area (Å²) in [5.74, 6) is 0.357. The molecule has 4 aromatic rings. The molecule has 0 aliphatic carbocycles. The van der Waals surface area contributed by atoms with Gasteiger partial charge >= 0.3 is 0 Å². The number of hydrogen-bond acceptors (Lipinski definition) is 6. The monoisotopic (exact) mass is 549 g/mol. The summed E-state index contributed by atoms with van der Waals surface area (Å²) in [5.41, 5.74) is 2.90. The summed E-state index contributed by atoms with van der Waals surface area (Å²) in [4.78, 5) is 11.3. The third-order valence-electron chi connectivity index (χ3n) is 6.50. The Bertz CT molecular complexity index is 1360. The summed E-state index contributed by atoms with van der Waals surface area (Å²) < 4.78 is 12.4. The number of aryl methyl sites for hydroxylation is 1. The van der Waals surface area contributed by atoms with E-state index in [9.17, 15) is 5.11 Å². The van der Waals surface area contributed by atoms with Crippen LogP contribution in [-0.4, -0.2) is 54.8 Å². The largest absolute Gasteiger partial charge is 0.481 e. The van der Waals surface area contributed by atoms with Crippen LogP contribution in [0.25, 0.3) is 10.9 Å². The molecule has 0 aliphatic rings. The maximum atomic E-state index is 12.8. The zero-order chi connectivity index (χ0) is 25.9. The first-order chi connectivity index (χ1) is 17.3. The maximum Gasteiger partial charge on any atom is 0.219 e. The molecule has 7 heteroatoms. The highest BCUT2D eigenvalue weighted by atomic mass is 79.9. The lowest BCUT2D eigenvalue weighted by Crippen LogP contribution is -2.38. The van der Waals surface area contributed by atoms with Crippen molar-refractivity contribution >= 4 is 26.8 Å². The van der Waals surface area contributed by atoms with E-state index in [1.54, 1.807) is 20.4 Å². The van der Waals surface area contributed by atoms with Crippen LogP contribution in [0.2, 0.25) is 0 Å². The van der Waals surface area contributed by atoms with Gasteiger partial charge in [-0.2, -0.15) is 0 Å². The lowest BCUT2D eigenvalue weighted by molar-refractivity contribution is 0.00128. The van der Waals surface area contributed by atoms with Crippen LogP contribution in [0.1, 0.15) is 34.6 Å². The Morgan fingerprint density at radius 1 is 1.00 bits per heavy atom. The summed E-state index contributed by atoms with van der Waals surface area (Å²) in [6.45, 7) is 2.70. The average molecular weight is 550 g/mol. The van der Waals surface area contributed by atoms with Crippen molar-refractivity contribution in [1.29, 1.82) is 0 Å².